The third-order valence-electron chi connectivity index (χ3n) is 5.34. The summed E-state index contributed by atoms with van der Waals surface area (Å²) in [5.74, 6) is -2.56. The number of amides is 1. The van der Waals surface area contributed by atoms with Crippen LogP contribution in [0.2, 0.25) is 0 Å². The quantitative estimate of drug-likeness (QED) is 0.197. The van der Waals surface area contributed by atoms with E-state index < -0.39 is 34.9 Å². The Labute approximate surface area is 215 Å². The summed E-state index contributed by atoms with van der Waals surface area (Å²) in [6.07, 6.45) is -1.06. The van der Waals surface area contributed by atoms with Gasteiger partial charge in [0.25, 0.3) is 5.69 Å². The number of nitro groups is 1. The van der Waals surface area contributed by atoms with Crippen LogP contribution in [0.25, 0.3) is 0 Å². The largest absolute Gasteiger partial charge is 0.466 e. The number of benzene rings is 1. The van der Waals surface area contributed by atoms with Crippen LogP contribution in [-0.4, -0.2) is 41.7 Å². The Balaban J connectivity index is 2.00. The van der Waals surface area contributed by atoms with Gasteiger partial charge in [0.2, 0.25) is 0 Å². The number of hydrogen-bond acceptors (Lipinski definition) is 12. The number of non-ortho nitro benzene ring substituents is 1. The van der Waals surface area contributed by atoms with Gasteiger partial charge in [-0.25, -0.2) is 19.4 Å². The molecule has 0 saturated carbocycles. The fourth-order valence-corrected chi connectivity index (χ4v) is 4.37. The molecule has 0 fully saturated rings. The number of rotatable bonds is 8. The van der Waals surface area contributed by atoms with Gasteiger partial charge in [0.05, 0.1) is 41.5 Å². The average Bonchev–Trinajstić information content (AvgIpc) is 3.29. The number of nitrogen functional groups attached to an aromatic ring is 1. The highest BCUT2D eigenvalue weighted by Crippen LogP contribution is 2.40. The Morgan fingerprint density at radius 3 is 2.62 bits per heavy atom. The van der Waals surface area contributed by atoms with Crippen LogP contribution in [0.15, 0.2) is 52.4 Å². The maximum Gasteiger partial charge on any atom is 0.413 e. The molecule has 1 amide bonds. The van der Waals surface area contributed by atoms with E-state index >= 15 is 0 Å². The molecule has 0 bridgehead atoms. The number of allylic oxidation sites excluding steroid dienone is 3. The molecule has 37 heavy (non-hydrogen) atoms. The summed E-state index contributed by atoms with van der Waals surface area (Å²) in [6.45, 7) is 4.90. The van der Waals surface area contributed by atoms with Gasteiger partial charge in [-0.3, -0.25) is 10.1 Å². The Hall–Kier alpha value is -4.46. The molecular weight excluding hydrogens is 506 g/mol. The predicted molar refractivity (Wildman–Crippen MR) is 132 cm³/mol. The lowest BCUT2D eigenvalue weighted by Crippen LogP contribution is -2.37. The minimum atomic E-state index is -1.31. The summed E-state index contributed by atoms with van der Waals surface area (Å²) in [4.78, 5) is 53.2. The van der Waals surface area contributed by atoms with Crippen LogP contribution in [-0.2, 0) is 23.8 Å². The van der Waals surface area contributed by atoms with E-state index in [9.17, 15) is 24.5 Å². The molecule has 2 unspecified atom stereocenters. The normalized spacial score (nSPS) is 15.9. The first-order chi connectivity index (χ1) is 17.6. The van der Waals surface area contributed by atoms with E-state index in [1.807, 2.05) is 0 Å². The Morgan fingerprint density at radius 1 is 1.30 bits per heavy atom. The van der Waals surface area contributed by atoms with Crippen molar-refractivity contribution in [3.05, 3.63) is 73.7 Å². The number of esters is 2. The second kappa shape index (κ2) is 11.5. The highest BCUT2D eigenvalue weighted by Gasteiger charge is 2.38. The first-order valence-electron chi connectivity index (χ1n) is 10.9. The number of anilines is 1. The molecule has 2 heterocycles. The monoisotopic (exact) mass is 531 g/mol. The zero-order valence-electron chi connectivity index (χ0n) is 20.4. The van der Waals surface area contributed by atoms with E-state index in [4.69, 9.17) is 19.9 Å². The number of methoxy groups -OCH3 is 1. The van der Waals surface area contributed by atoms with E-state index in [1.165, 1.54) is 30.7 Å². The number of nitrogens with zero attached hydrogens (tertiary/aromatic N) is 2. The molecule has 1 aromatic carbocycles. The minimum absolute atomic E-state index is 0.0237. The molecule has 0 saturated heterocycles. The van der Waals surface area contributed by atoms with E-state index in [0.29, 0.717) is 17.0 Å². The Kier molecular flexibility index (Phi) is 8.45. The zero-order valence-corrected chi connectivity index (χ0v) is 21.2. The summed E-state index contributed by atoms with van der Waals surface area (Å²) in [7, 11) is 1.19. The summed E-state index contributed by atoms with van der Waals surface area (Å²) in [6, 6.07) is 4.28. The van der Waals surface area contributed by atoms with Crippen LogP contribution in [0.5, 0.6) is 0 Å². The van der Waals surface area contributed by atoms with Crippen LogP contribution in [0.1, 0.15) is 44.0 Å². The third kappa shape index (κ3) is 6.03. The Morgan fingerprint density at radius 2 is 2.03 bits per heavy atom. The summed E-state index contributed by atoms with van der Waals surface area (Å²) < 4.78 is 15.6. The van der Waals surface area contributed by atoms with Crippen molar-refractivity contribution in [2.75, 3.05) is 19.5 Å². The molecule has 2 aromatic rings. The minimum Gasteiger partial charge on any atom is -0.466 e. The van der Waals surface area contributed by atoms with Crippen LogP contribution < -0.4 is 16.4 Å². The molecule has 1 aromatic heterocycles. The highest BCUT2D eigenvalue weighted by molar-refractivity contribution is 7.13. The van der Waals surface area contributed by atoms with Crippen LogP contribution in [0, 0.1) is 10.1 Å². The van der Waals surface area contributed by atoms with Crippen LogP contribution in [0.4, 0.5) is 15.6 Å². The second-order valence-corrected chi connectivity index (χ2v) is 8.65. The summed E-state index contributed by atoms with van der Waals surface area (Å²) in [5, 5.41) is 18.5. The number of carbonyl (C=O) groups is 3. The summed E-state index contributed by atoms with van der Waals surface area (Å²) >= 11 is 1.07. The molecule has 3 rings (SSSR count). The maximum atomic E-state index is 13.0. The highest BCUT2D eigenvalue weighted by atomic mass is 32.1. The van der Waals surface area contributed by atoms with Gasteiger partial charge in [0.15, 0.2) is 11.2 Å². The summed E-state index contributed by atoms with van der Waals surface area (Å²) in [5.41, 5.74) is 6.79. The molecule has 13 nitrogen and oxygen atoms in total. The van der Waals surface area contributed by atoms with Crippen LogP contribution >= 0.6 is 11.3 Å². The SMILES string of the molecule is CCOC(=O)C(NC(=O)OC1=C(C)NC(C)=C(C(=O)OC)C1c1cccc([N+](=O)[O-])c1)c1csc(N)n1. The number of nitrogens with two attached hydrogens (primary N) is 1. The number of thiazole rings is 1. The van der Waals surface area contributed by atoms with Crippen molar-refractivity contribution < 1.29 is 33.5 Å². The Bertz CT molecular complexity index is 1300. The molecule has 0 radical (unpaired) electrons. The van der Waals surface area contributed by atoms with E-state index in [0.717, 1.165) is 11.3 Å². The van der Waals surface area contributed by atoms with E-state index in [-0.39, 0.29) is 34.5 Å². The smallest absolute Gasteiger partial charge is 0.413 e. The number of dihydropyridines is 1. The van der Waals surface area contributed by atoms with Crippen LogP contribution in [0.3, 0.4) is 0 Å². The van der Waals surface area contributed by atoms with Gasteiger partial charge in [0, 0.05) is 23.2 Å². The predicted octanol–water partition coefficient (Wildman–Crippen LogP) is 3.03. The van der Waals surface area contributed by atoms with E-state index in [2.05, 4.69) is 15.6 Å². The maximum absolute atomic E-state index is 13.0. The zero-order chi connectivity index (χ0) is 27.3. The number of aromatic nitrogens is 1. The van der Waals surface area contributed by atoms with Gasteiger partial charge in [0.1, 0.15) is 5.76 Å². The van der Waals surface area contributed by atoms with Crippen molar-refractivity contribution in [2.45, 2.75) is 32.7 Å². The van der Waals surface area contributed by atoms with Gasteiger partial charge < -0.3 is 30.6 Å². The third-order valence-corrected chi connectivity index (χ3v) is 6.03. The van der Waals surface area contributed by atoms with Gasteiger partial charge in [-0.2, -0.15) is 0 Å². The number of alkyl carbamates (subject to hydrolysis) is 1. The average molecular weight is 532 g/mol. The van der Waals surface area contributed by atoms with Gasteiger partial charge in [-0.05, 0) is 26.3 Å². The fourth-order valence-electron chi connectivity index (χ4n) is 3.79. The van der Waals surface area contributed by atoms with Crippen molar-refractivity contribution in [3.63, 3.8) is 0 Å². The van der Waals surface area contributed by atoms with Crippen molar-refractivity contribution in [1.29, 1.82) is 0 Å². The van der Waals surface area contributed by atoms with E-state index in [1.54, 1.807) is 26.8 Å². The number of ether oxygens (including phenoxy) is 3. The van der Waals surface area contributed by atoms with Crippen molar-refractivity contribution in [2.24, 2.45) is 0 Å². The van der Waals surface area contributed by atoms with Gasteiger partial charge >= 0.3 is 18.0 Å². The van der Waals surface area contributed by atoms with Gasteiger partial charge in [-0.15, -0.1) is 11.3 Å². The van der Waals surface area contributed by atoms with Crippen molar-refractivity contribution in [3.8, 4) is 0 Å². The molecular formula is C23H25N5O8S. The molecule has 0 spiro atoms. The molecule has 0 aliphatic carbocycles. The van der Waals surface area contributed by atoms with Crippen molar-refractivity contribution in [1.82, 2.24) is 15.6 Å². The molecule has 14 heteroatoms. The standard InChI is InChI=1S/C23H25N5O8S/c1-5-35-21(30)18(15-10-37-22(24)26-15)27-23(31)36-19-12(3)25-11(2)16(20(29)34-4)17(19)13-7-6-8-14(9-13)28(32)33/h6-10,17-18,25H,5H2,1-4H3,(H2,24,26)(H,27,31). The second-order valence-electron chi connectivity index (χ2n) is 7.76. The number of nitrogens with one attached hydrogen (secondary N) is 2. The lowest BCUT2D eigenvalue weighted by molar-refractivity contribution is -0.384. The first kappa shape index (κ1) is 27.1. The topological polar surface area (TPSA) is 185 Å². The molecule has 196 valence electrons. The number of nitro benzene ring substituents is 1. The van der Waals surface area contributed by atoms with Crippen molar-refractivity contribution >= 4 is 40.2 Å². The number of hydrogen-bond donors (Lipinski definition) is 3. The lowest BCUT2D eigenvalue weighted by Gasteiger charge is -2.30. The molecule has 4 N–H and O–H groups in total. The molecule has 2 atom stereocenters. The fraction of sp³-hybridized carbons (Fsp3) is 0.304. The first-order valence-corrected chi connectivity index (χ1v) is 11.8. The molecule has 1 aliphatic rings. The number of carbonyl (C=O) groups excluding carboxylic acids is 3. The lowest BCUT2D eigenvalue weighted by atomic mass is 9.85. The van der Waals surface area contributed by atoms with Gasteiger partial charge in [-0.1, -0.05) is 12.1 Å². The molecule has 1 aliphatic heterocycles.